The largest absolute Gasteiger partial charge is 0.398 e. The summed E-state index contributed by atoms with van der Waals surface area (Å²) in [6.07, 6.45) is 14.3. The second-order valence-electron chi connectivity index (χ2n) is 8.48. The zero-order valence-corrected chi connectivity index (χ0v) is 17.1. The van der Waals surface area contributed by atoms with Gasteiger partial charge < -0.3 is 8.85 Å². The average molecular weight is 341 g/mol. The molecule has 2 rings (SSSR count). The van der Waals surface area contributed by atoms with E-state index in [0.29, 0.717) is 0 Å². The Morgan fingerprint density at radius 1 is 0.696 bits per heavy atom. The molecule has 2 atom stereocenters. The molecule has 0 radical (unpaired) electrons. The molecule has 0 amide bonds. The van der Waals surface area contributed by atoms with Crippen molar-refractivity contribution in [3.8, 4) is 0 Å². The Morgan fingerprint density at radius 3 is 1.35 bits per heavy atom. The Kier molecular flexibility index (Phi) is 8.10. The first-order valence-corrected chi connectivity index (χ1v) is 12.4. The molecule has 0 heterocycles. The molecule has 2 nitrogen and oxygen atoms in total. The van der Waals surface area contributed by atoms with Crippen LogP contribution in [0.5, 0.6) is 0 Å². The van der Waals surface area contributed by atoms with Gasteiger partial charge in [0, 0.05) is 14.2 Å². The van der Waals surface area contributed by atoms with E-state index >= 15 is 0 Å². The highest BCUT2D eigenvalue weighted by Gasteiger charge is 2.41. The molecule has 2 unspecified atom stereocenters. The van der Waals surface area contributed by atoms with Crippen LogP contribution < -0.4 is 0 Å². The first-order valence-electron chi connectivity index (χ1n) is 10.2. The van der Waals surface area contributed by atoms with Gasteiger partial charge in [-0.1, -0.05) is 78.1 Å². The van der Waals surface area contributed by atoms with E-state index in [1.807, 2.05) is 14.2 Å². The van der Waals surface area contributed by atoms with Gasteiger partial charge in [0.2, 0.25) is 0 Å². The third kappa shape index (κ3) is 5.57. The van der Waals surface area contributed by atoms with Crippen molar-refractivity contribution in [2.24, 2.45) is 23.7 Å². The van der Waals surface area contributed by atoms with Crippen LogP contribution in [0.15, 0.2) is 0 Å². The highest BCUT2D eigenvalue weighted by atomic mass is 28.4. The van der Waals surface area contributed by atoms with Gasteiger partial charge in [-0.05, 0) is 35.8 Å². The summed E-state index contributed by atoms with van der Waals surface area (Å²) in [6, 6.07) is 2.39. The molecule has 0 aromatic heterocycles. The second kappa shape index (κ2) is 9.58. The standard InChI is InChI=1S/C20H40O2Si/c1-17(19-11-7-5-8-12-19)15-23(21-3,22-4)16-18(2)20-13-9-6-10-14-20/h17-20H,5-16H2,1-4H3. The van der Waals surface area contributed by atoms with Crippen molar-refractivity contribution in [2.75, 3.05) is 14.2 Å². The Bertz CT molecular complexity index is 290. The molecular formula is C20H40O2Si. The monoisotopic (exact) mass is 340 g/mol. The third-order valence-electron chi connectivity index (χ3n) is 6.92. The molecule has 0 aromatic rings. The second-order valence-corrected chi connectivity index (χ2v) is 11.9. The topological polar surface area (TPSA) is 18.5 Å². The SMILES string of the molecule is CO[Si](CC(C)C1CCCCC1)(CC(C)C1CCCCC1)OC. The Balaban J connectivity index is 1.93. The summed E-state index contributed by atoms with van der Waals surface area (Å²) < 4.78 is 12.3. The predicted octanol–water partition coefficient (Wildman–Crippen LogP) is 6.15. The van der Waals surface area contributed by atoms with Crippen molar-refractivity contribution in [1.82, 2.24) is 0 Å². The normalized spacial score (nSPS) is 24.5. The van der Waals surface area contributed by atoms with Crippen LogP contribution in [-0.2, 0) is 8.85 Å². The molecule has 0 N–H and O–H groups in total. The van der Waals surface area contributed by atoms with E-state index in [9.17, 15) is 0 Å². The van der Waals surface area contributed by atoms with Crippen LogP contribution in [-0.4, -0.2) is 22.8 Å². The van der Waals surface area contributed by atoms with Gasteiger partial charge in [-0.2, -0.15) is 0 Å². The molecule has 0 saturated heterocycles. The molecule has 0 aliphatic heterocycles. The zero-order valence-electron chi connectivity index (χ0n) is 16.1. The van der Waals surface area contributed by atoms with Crippen molar-refractivity contribution in [3.63, 3.8) is 0 Å². The maximum absolute atomic E-state index is 6.13. The lowest BCUT2D eigenvalue weighted by atomic mass is 9.81. The molecule has 2 aliphatic rings. The quantitative estimate of drug-likeness (QED) is 0.493. The Morgan fingerprint density at radius 2 is 1.04 bits per heavy atom. The molecular weight excluding hydrogens is 300 g/mol. The van der Waals surface area contributed by atoms with Gasteiger partial charge in [-0.25, -0.2) is 0 Å². The minimum atomic E-state index is -2.04. The molecule has 0 spiro atoms. The van der Waals surface area contributed by atoms with Gasteiger partial charge in [0.05, 0.1) is 0 Å². The van der Waals surface area contributed by atoms with Gasteiger partial charge in [0.25, 0.3) is 0 Å². The summed E-state index contributed by atoms with van der Waals surface area (Å²) in [4.78, 5) is 0. The van der Waals surface area contributed by atoms with Crippen LogP contribution in [0.4, 0.5) is 0 Å². The lowest BCUT2D eigenvalue weighted by molar-refractivity contribution is 0.194. The van der Waals surface area contributed by atoms with Gasteiger partial charge in [0.1, 0.15) is 0 Å². The maximum atomic E-state index is 6.13. The van der Waals surface area contributed by atoms with E-state index in [2.05, 4.69) is 13.8 Å². The van der Waals surface area contributed by atoms with Crippen molar-refractivity contribution >= 4 is 8.56 Å². The lowest BCUT2D eigenvalue weighted by Crippen LogP contribution is -2.45. The number of hydrogen-bond donors (Lipinski definition) is 0. The molecule has 23 heavy (non-hydrogen) atoms. The molecule has 2 saturated carbocycles. The average Bonchev–Trinajstić information content (AvgIpc) is 2.62. The van der Waals surface area contributed by atoms with Crippen molar-refractivity contribution in [1.29, 1.82) is 0 Å². The Hall–Kier alpha value is 0.137. The van der Waals surface area contributed by atoms with Crippen molar-refractivity contribution in [2.45, 2.75) is 90.1 Å². The van der Waals surface area contributed by atoms with Gasteiger partial charge in [-0.3, -0.25) is 0 Å². The highest BCUT2D eigenvalue weighted by Crippen LogP contribution is 2.39. The smallest absolute Gasteiger partial charge is 0.338 e. The van der Waals surface area contributed by atoms with E-state index in [4.69, 9.17) is 8.85 Å². The van der Waals surface area contributed by atoms with Crippen LogP contribution in [0.3, 0.4) is 0 Å². The van der Waals surface area contributed by atoms with Crippen LogP contribution >= 0.6 is 0 Å². The summed E-state index contributed by atoms with van der Waals surface area (Å²) in [6.45, 7) is 4.92. The summed E-state index contributed by atoms with van der Waals surface area (Å²) >= 11 is 0. The molecule has 2 fully saturated rings. The maximum Gasteiger partial charge on any atom is 0.338 e. The van der Waals surface area contributed by atoms with E-state index < -0.39 is 8.56 Å². The number of rotatable bonds is 8. The number of hydrogen-bond acceptors (Lipinski definition) is 2. The predicted molar refractivity (Wildman–Crippen MR) is 101 cm³/mol. The molecule has 0 bridgehead atoms. The fourth-order valence-electron chi connectivity index (χ4n) is 5.22. The van der Waals surface area contributed by atoms with E-state index in [-0.39, 0.29) is 0 Å². The molecule has 136 valence electrons. The van der Waals surface area contributed by atoms with Gasteiger partial charge in [-0.15, -0.1) is 0 Å². The first kappa shape index (κ1) is 19.5. The summed E-state index contributed by atoms with van der Waals surface area (Å²) in [7, 11) is 1.79. The fraction of sp³-hybridized carbons (Fsp3) is 1.00. The minimum Gasteiger partial charge on any atom is -0.398 e. The van der Waals surface area contributed by atoms with Crippen LogP contribution in [0.25, 0.3) is 0 Å². The van der Waals surface area contributed by atoms with E-state index in [0.717, 1.165) is 23.7 Å². The molecule has 2 aliphatic carbocycles. The summed E-state index contributed by atoms with van der Waals surface area (Å²) in [5.74, 6) is 3.35. The lowest BCUT2D eigenvalue weighted by Gasteiger charge is -2.38. The van der Waals surface area contributed by atoms with Crippen molar-refractivity contribution < 1.29 is 8.85 Å². The zero-order chi connectivity index (χ0) is 16.7. The minimum absolute atomic E-state index is 0.764. The highest BCUT2D eigenvalue weighted by molar-refractivity contribution is 6.67. The first-order chi connectivity index (χ1) is 11.1. The van der Waals surface area contributed by atoms with Crippen LogP contribution in [0, 0.1) is 23.7 Å². The van der Waals surface area contributed by atoms with E-state index in [1.165, 1.54) is 76.3 Å². The molecule has 3 heteroatoms. The van der Waals surface area contributed by atoms with Gasteiger partial charge >= 0.3 is 8.56 Å². The van der Waals surface area contributed by atoms with Crippen LogP contribution in [0.1, 0.15) is 78.1 Å². The van der Waals surface area contributed by atoms with Crippen LogP contribution in [0.2, 0.25) is 12.1 Å². The van der Waals surface area contributed by atoms with E-state index in [1.54, 1.807) is 0 Å². The summed E-state index contributed by atoms with van der Waals surface area (Å²) in [5.41, 5.74) is 0. The fourth-order valence-corrected chi connectivity index (χ4v) is 8.85. The third-order valence-corrected chi connectivity index (χ3v) is 10.9. The molecule has 0 aromatic carbocycles. The Labute approximate surface area is 146 Å². The summed E-state index contributed by atoms with van der Waals surface area (Å²) in [5, 5.41) is 0. The van der Waals surface area contributed by atoms with Crippen molar-refractivity contribution in [3.05, 3.63) is 0 Å². The van der Waals surface area contributed by atoms with Gasteiger partial charge in [0.15, 0.2) is 0 Å².